The van der Waals surface area contributed by atoms with E-state index >= 15 is 0 Å². The molecule has 2 aromatic rings. The average Bonchev–Trinajstić information content (AvgIpc) is 2.46. The highest BCUT2D eigenvalue weighted by atomic mass is 31.1. The first-order valence-electron chi connectivity index (χ1n) is 6.49. The van der Waals surface area contributed by atoms with E-state index in [-0.39, 0.29) is 7.92 Å². The number of rotatable bonds is 6. The first-order valence-corrected chi connectivity index (χ1v) is 8.84. The third-order valence-electron chi connectivity index (χ3n) is 2.97. The topological polar surface area (TPSA) is 0 Å². The zero-order valence-electron chi connectivity index (χ0n) is 10.6. The van der Waals surface area contributed by atoms with Crippen LogP contribution in [0.15, 0.2) is 60.7 Å². The molecule has 1 unspecified atom stereocenters. The quantitative estimate of drug-likeness (QED) is 0.555. The van der Waals surface area contributed by atoms with Crippen LogP contribution >= 0.6 is 17.2 Å². The molecular weight excluding hydrogens is 254 g/mol. The van der Waals surface area contributed by atoms with Gasteiger partial charge in [0.2, 0.25) is 0 Å². The minimum absolute atomic E-state index is 0.172. The van der Waals surface area contributed by atoms with Crippen molar-refractivity contribution in [2.45, 2.75) is 12.8 Å². The molecule has 2 heteroatoms. The molecule has 0 aromatic heterocycles. The average molecular weight is 274 g/mol. The van der Waals surface area contributed by atoms with Gasteiger partial charge in [0.15, 0.2) is 0 Å². The fourth-order valence-electron chi connectivity index (χ4n) is 2.04. The summed E-state index contributed by atoms with van der Waals surface area (Å²) in [7, 11) is 2.65. The molecule has 0 bridgehead atoms. The summed E-state index contributed by atoms with van der Waals surface area (Å²) in [4.78, 5) is 0. The summed E-state index contributed by atoms with van der Waals surface area (Å²) >= 11 is 0. The predicted molar refractivity (Wildman–Crippen MR) is 87.8 cm³/mol. The van der Waals surface area contributed by atoms with Gasteiger partial charge in [0, 0.05) is 0 Å². The van der Waals surface area contributed by atoms with E-state index in [2.05, 4.69) is 69.9 Å². The Bertz CT molecular complexity index is 400. The Morgan fingerprint density at radius 2 is 1.22 bits per heavy atom. The van der Waals surface area contributed by atoms with Crippen LogP contribution in [0.3, 0.4) is 0 Å². The number of hydrogen-bond acceptors (Lipinski definition) is 0. The lowest BCUT2D eigenvalue weighted by molar-refractivity contribution is 0.905. The van der Waals surface area contributed by atoms with Crippen molar-refractivity contribution in [1.82, 2.24) is 0 Å². The third-order valence-corrected chi connectivity index (χ3v) is 5.99. The lowest BCUT2D eigenvalue weighted by atomic mass is 10.4. The van der Waals surface area contributed by atoms with Crippen LogP contribution in [0.1, 0.15) is 12.8 Å². The summed E-state index contributed by atoms with van der Waals surface area (Å²) in [5.74, 6) is 0. The second-order valence-corrected chi connectivity index (χ2v) is 7.23. The van der Waals surface area contributed by atoms with Gasteiger partial charge in [-0.25, -0.2) is 0 Å². The summed E-state index contributed by atoms with van der Waals surface area (Å²) < 4.78 is 0. The van der Waals surface area contributed by atoms with Gasteiger partial charge in [-0.3, -0.25) is 0 Å². The summed E-state index contributed by atoms with van der Waals surface area (Å²) in [6, 6.07) is 21.9. The molecule has 0 radical (unpaired) electrons. The molecule has 0 nitrogen and oxygen atoms in total. The van der Waals surface area contributed by atoms with Crippen molar-refractivity contribution in [3.8, 4) is 0 Å². The Balaban J connectivity index is 2.18. The second-order valence-electron chi connectivity index (χ2n) is 4.32. The third kappa shape index (κ3) is 3.91. The highest BCUT2D eigenvalue weighted by molar-refractivity contribution is 7.73. The molecule has 0 N–H and O–H groups in total. The fourth-order valence-corrected chi connectivity index (χ4v) is 4.74. The van der Waals surface area contributed by atoms with Crippen molar-refractivity contribution in [3.63, 3.8) is 0 Å². The van der Waals surface area contributed by atoms with E-state index in [1.165, 1.54) is 35.8 Å². The van der Waals surface area contributed by atoms with Gasteiger partial charge in [0.25, 0.3) is 0 Å². The van der Waals surface area contributed by atoms with Crippen LogP contribution in [0.4, 0.5) is 0 Å². The summed E-state index contributed by atoms with van der Waals surface area (Å²) in [5, 5.41) is 3.00. The van der Waals surface area contributed by atoms with Gasteiger partial charge in [-0.15, -0.1) is 9.24 Å². The Morgan fingerprint density at radius 1 is 0.722 bits per heavy atom. The maximum atomic E-state index is 2.83. The maximum absolute atomic E-state index is 2.83. The molecule has 1 atom stereocenters. The van der Waals surface area contributed by atoms with E-state index in [1.54, 1.807) is 0 Å². The van der Waals surface area contributed by atoms with E-state index in [0.29, 0.717) is 0 Å². The summed E-state index contributed by atoms with van der Waals surface area (Å²) in [6.45, 7) is 0. The van der Waals surface area contributed by atoms with Crippen molar-refractivity contribution in [2.24, 2.45) is 0 Å². The van der Waals surface area contributed by atoms with E-state index in [4.69, 9.17) is 0 Å². The first-order chi connectivity index (χ1) is 8.92. The number of benzene rings is 2. The molecule has 18 heavy (non-hydrogen) atoms. The molecule has 0 aliphatic heterocycles. The minimum atomic E-state index is -0.172. The van der Waals surface area contributed by atoms with E-state index in [1.807, 2.05) is 0 Å². The molecule has 0 fully saturated rings. The molecule has 0 heterocycles. The molecule has 0 saturated carbocycles. The molecule has 0 saturated heterocycles. The van der Waals surface area contributed by atoms with Gasteiger partial charge in [-0.05, 0) is 43.7 Å². The van der Waals surface area contributed by atoms with Crippen molar-refractivity contribution in [3.05, 3.63) is 60.7 Å². The molecule has 2 rings (SSSR count). The Kier molecular flexibility index (Phi) is 5.85. The molecule has 2 aromatic carbocycles. The Morgan fingerprint density at radius 3 is 1.67 bits per heavy atom. The Hall–Kier alpha value is -0.700. The Labute approximate surface area is 114 Å². The van der Waals surface area contributed by atoms with Crippen LogP contribution in [-0.2, 0) is 0 Å². The molecule has 0 aliphatic carbocycles. The first kappa shape index (κ1) is 13.7. The summed E-state index contributed by atoms with van der Waals surface area (Å²) in [5.41, 5.74) is 0. The molecule has 0 amide bonds. The lowest BCUT2D eigenvalue weighted by Gasteiger charge is -2.18. The summed E-state index contributed by atoms with van der Waals surface area (Å²) in [6.07, 6.45) is 5.15. The minimum Gasteiger partial charge on any atom is -0.138 e. The van der Waals surface area contributed by atoms with Gasteiger partial charge >= 0.3 is 0 Å². The van der Waals surface area contributed by atoms with Gasteiger partial charge in [0.1, 0.15) is 0 Å². The zero-order chi connectivity index (χ0) is 12.6. The highest BCUT2D eigenvalue weighted by Crippen LogP contribution is 2.34. The van der Waals surface area contributed by atoms with Crippen molar-refractivity contribution < 1.29 is 0 Å². The van der Waals surface area contributed by atoms with E-state index < -0.39 is 0 Å². The SMILES string of the molecule is PCCCCP(c1ccccc1)c1ccccc1. The van der Waals surface area contributed by atoms with Gasteiger partial charge in [-0.1, -0.05) is 60.7 Å². The van der Waals surface area contributed by atoms with Crippen LogP contribution < -0.4 is 10.6 Å². The van der Waals surface area contributed by atoms with Crippen LogP contribution in [0.5, 0.6) is 0 Å². The number of unbranched alkanes of at least 4 members (excludes halogenated alkanes) is 1. The molecule has 0 aliphatic rings. The predicted octanol–water partition coefficient (Wildman–Crippen LogP) is 3.77. The van der Waals surface area contributed by atoms with Crippen LogP contribution in [0.25, 0.3) is 0 Å². The number of hydrogen-bond donors (Lipinski definition) is 0. The van der Waals surface area contributed by atoms with Crippen molar-refractivity contribution in [1.29, 1.82) is 0 Å². The highest BCUT2D eigenvalue weighted by Gasteiger charge is 2.12. The van der Waals surface area contributed by atoms with Crippen LogP contribution in [0.2, 0.25) is 0 Å². The molecular formula is C16H20P2. The fraction of sp³-hybridized carbons (Fsp3) is 0.250. The van der Waals surface area contributed by atoms with Gasteiger partial charge < -0.3 is 0 Å². The smallest absolute Gasteiger partial charge is 0.0195 e. The second kappa shape index (κ2) is 7.67. The van der Waals surface area contributed by atoms with Crippen LogP contribution in [0, 0.1) is 0 Å². The van der Waals surface area contributed by atoms with Gasteiger partial charge in [0.05, 0.1) is 0 Å². The lowest BCUT2D eigenvalue weighted by Crippen LogP contribution is -2.13. The van der Waals surface area contributed by atoms with Gasteiger partial charge in [-0.2, -0.15) is 0 Å². The monoisotopic (exact) mass is 274 g/mol. The van der Waals surface area contributed by atoms with Crippen LogP contribution in [-0.4, -0.2) is 12.3 Å². The van der Waals surface area contributed by atoms with Crippen molar-refractivity contribution >= 4 is 27.8 Å². The molecule has 94 valence electrons. The molecule has 0 spiro atoms. The normalized spacial score (nSPS) is 10.8. The van der Waals surface area contributed by atoms with E-state index in [0.717, 1.165) is 0 Å². The van der Waals surface area contributed by atoms with E-state index in [9.17, 15) is 0 Å². The zero-order valence-corrected chi connectivity index (χ0v) is 12.7. The van der Waals surface area contributed by atoms with Crippen molar-refractivity contribution in [2.75, 3.05) is 12.3 Å². The maximum Gasteiger partial charge on any atom is -0.0195 e. The largest absolute Gasteiger partial charge is 0.138 e. The standard InChI is InChI=1S/C16H20P2/c17-13-7-8-14-18(15-9-3-1-4-10-15)16-11-5-2-6-12-16/h1-6,9-12H,7-8,13-14,17H2.